The van der Waals surface area contributed by atoms with Crippen molar-refractivity contribution in [3.05, 3.63) is 23.7 Å². The first kappa shape index (κ1) is 14.6. The summed E-state index contributed by atoms with van der Waals surface area (Å²) < 4.78 is 11.3. The first-order valence-corrected chi connectivity index (χ1v) is 8.48. The molecule has 0 bridgehead atoms. The van der Waals surface area contributed by atoms with Crippen LogP contribution in [0.1, 0.15) is 56.0 Å². The van der Waals surface area contributed by atoms with Crippen LogP contribution < -0.4 is 5.32 Å². The SMILES string of the molecule is Cc1cc(-c2cnc(NC3CCCC3)nc2[C@H]2CCCO2)on1. The van der Waals surface area contributed by atoms with Crippen LogP contribution in [0.3, 0.4) is 0 Å². The molecule has 4 rings (SSSR count). The van der Waals surface area contributed by atoms with Gasteiger partial charge in [0.2, 0.25) is 5.95 Å². The van der Waals surface area contributed by atoms with Crippen molar-refractivity contribution in [3.8, 4) is 11.3 Å². The molecule has 0 aromatic carbocycles. The standard InChI is InChI=1S/C17H22N4O2/c1-11-9-15(23-21-11)13-10-18-17(19-12-5-2-3-6-12)20-16(13)14-7-4-8-22-14/h9-10,12,14H,2-8H2,1H3,(H,18,19,20)/t14-/m1/s1. The Hall–Kier alpha value is -1.95. The highest BCUT2D eigenvalue weighted by atomic mass is 16.5. The summed E-state index contributed by atoms with van der Waals surface area (Å²) in [6.07, 6.45) is 8.86. The van der Waals surface area contributed by atoms with Crippen LogP contribution in [-0.2, 0) is 4.74 Å². The van der Waals surface area contributed by atoms with E-state index in [0.717, 1.165) is 36.4 Å². The van der Waals surface area contributed by atoms with E-state index in [1.807, 2.05) is 19.2 Å². The number of rotatable bonds is 4. The van der Waals surface area contributed by atoms with E-state index < -0.39 is 0 Å². The van der Waals surface area contributed by atoms with E-state index in [-0.39, 0.29) is 6.10 Å². The summed E-state index contributed by atoms with van der Waals surface area (Å²) in [4.78, 5) is 9.26. The Balaban J connectivity index is 1.67. The minimum atomic E-state index is 0.0162. The zero-order valence-corrected chi connectivity index (χ0v) is 13.4. The van der Waals surface area contributed by atoms with Gasteiger partial charge in [0.25, 0.3) is 0 Å². The highest BCUT2D eigenvalue weighted by Crippen LogP contribution is 2.35. The maximum atomic E-state index is 5.85. The number of hydrogen-bond donors (Lipinski definition) is 1. The summed E-state index contributed by atoms with van der Waals surface area (Å²) in [5.74, 6) is 1.41. The molecule has 1 aliphatic carbocycles. The van der Waals surface area contributed by atoms with Crippen LogP contribution in [0.2, 0.25) is 0 Å². The Morgan fingerprint density at radius 2 is 2.04 bits per heavy atom. The molecule has 0 amide bonds. The third-order valence-corrected chi connectivity index (χ3v) is 4.63. The number of nitrogens with zero attached hydrogens (tertiary/aromatic N) is 3. The van der Waals surface area contributed by atoms with Gasteiger partial charge >= 0.3 is 0 Å². The van der Waals surface area contributed by atoms with Crippen LogP contribution in [0.5, 0.6) is 0 Å². The summed E-state index contributed by atoms with van der Waals surface area (Å²) in [5.41, 5.74) is 2.65. The summed E-state index contributed by atoms with van der Waals surface area (Å²) in [6.45, 7) is 2.70. The number of hydrogen-bond acceptors (Lipinski definition) is 6. The van der Waals surface area contributed by atoms with Gasteiger partial charge < -0.3 is 14.6 Å². The van der Waals surface area contributed by atoms with E-state index in [2.05, 4.69) is 15.5 Å². The maximum absolute atomic E-state index is 5.85. The van der Waals surface area contributed by atoms with Gasteiger partial charge in [0.15, 0.2) is 5.76 Å². The number of aryl methyl sites for hydroxylation is 1. The fraction of sp³-hybridized carbons (Fsp3) is 0.588. The van der Waals surface area contributed by atoms with E-state index in [4.69, 9.17) is 14.2 Å². The number of aromatic nitrogens is 3. The van der Waals surface area contributed by atoms with Crippen LogP contribution in [0.25, 0.3) is 11.3 Å². The second-order valence-corrected chi connectivity index (χ2v) is 6.45. The highest BCUT2D eigenvalue weighted by molar-refractivity contribution is 5.61. The van der Waals surface area contributed by atoms with Crippen LogP contribution >= 0.6 is 0 Å². The number of nitrogens with one attached hydrogen (secondary N) is 1. The van der Waals surface area contributed by atoms with Gasteiger partial charge in [-0.25, -0.2) is 9.97 Å². The summed E-state index contributed by atoms with van der Waals surface area (Å²) in [5, 5.41) is 7.44. The average molecular weight is 314 g/mol. The van der Waals surface area contributed by atoms with E-state index in [1.165, 1.54) is 25.7 Å². The zero-order chi connectivity index (χ0) is 15.6. The third kappa shape index (κ3) is 3.08. The van der Waals surface area contributed by atoms with Crippen LogP contribution in [0, 0.1) is 6.92 Å². The largest absolute Gasteiger partial charge is 0.372 e. The molecule has 23 heavy (non-hydrogen) atoms. The molecule has 3 heterocycles. The smallest absolute Gasteiger partial charge is 0.223 e. The fourth-order valence-corrected chi connectivity index (χ4v) is 3.44. The molecule has 2 aliphatic rings. The second-order valence-electron chi connectivity index (χ2n) is 6.45. The predicted octanol–water partition coefficient (Wildman–Crippen LogP) is 3.65. The van der Waals surface area contributed by atoms with Crippen molar-refractivity contribution >= 4 is 5.95 Å². The van der Waals surface area contributed by atoms with E-state index in [0.29, 0.717) is 17.8 Å². The van der Waals surface area contributed by atoms with Gasteiger partial charge in [-0.15, -0.1) is 0 Å². The third-order valence-electron chi connectivity index (χ3n) is 4.63. The van der Waals surface area contributed by atoms with Crippen LogP contribution in [0.15, 0.2) is 16.8 Å². The quantitative estimate of drug-likeness (QED) is 0.928. The van der Waals surface area contributed by atoms with Crippen LogP contribution in [0.4, 0.5) is 5.95 Å². The molecule has 0 spiro atoms. The molecule has 1 atom stereocenters. The van der Waals surface area contributed by atoms with Gasteiger partial charge in [-0.2, -0.15) is 0 Å². The normalized spacial score (nSPS) is 21.9. The van der Waals surface area contributed by atoms with Gasteiger partial charge in [-0.3, -0.25) is 0 Å². The molecule has 6 nitrogen and oxygen atoms in total. The lowest BCUT2D eigenvalue weighted by atomic mass is 10.1. The molecular formula is C17H22N4O2. The van der Waals surface area contributed by atoms with Gasteiger partial charge in [0.1, 0.15) is 6.10 Å². The Morgan fingerprint density at radius 1 is 1.17 bits per heavy atom. The van der Waals surface area contributed by atoms with Crippen molar-refractivity contribution in [1.29, 1.82) is 0 Å². The van der Waals surface area contributed by atoms with Crippen molar-refractivity contribution in [2.24, 2.45) is 0 Å². The lowest BCUT2D eigenvalue weighted by molar-refractivity contribution is 0.109. The molecule has 6 heteroatoms. The Bertz CT molecular complexity index is 673. The first-order chi connectivity index (χ1) is 11.3. The van der Waals surface area contributed by atoms with Crippen molar-refractivity contribution in [2.45, 2.75) is 57.6 Å². The van der Waals surface area contributed by atoms with Gasteiger partial charge in [0, 0.05) is 24.9 Å². The first-order valence-electron chi connectivity index (χ1n) is 8.48. The van der Waals surface area contributed by atoms with Crippen LogP contribution in [-0.4, -0.2) is 27.8 Å². The summed E-state index contributed by atoms with van der Waals surface area (Å²) in [7, 11) is 0. The van der Waals surface area contributed by atoms with E-state index in [9.17, 15) is 0 Å². The lowest BCUT2D eigenvalue weighted by Gasteiger charge is -2.16. The molecule has 1 N–H and O–H groups in total. The van der Waals surface area contributed by atoms with E-state index in [1.54, 1.807) is 0 Å². The minimum absolute atomic E-state index is 0.0162. The topological polar surface area (TPSA) is 73.1 Å². The van der Waals surface area contributed by atoms with Crippen molar-refractivity contribution in [2.75, 3.05) is 11.9 Å². The predicted molar refractivity (Wildman–Crippen MR) is 86.1 cm³/mol. The van der Waals surface area contributed by atoms with Crippen molar-refractivity contribution in [1.82, 2.24) is 15.1 Å². The second kappa shape index (κ2) is 6.28. The average Bonchev–Trinajstić information content (AvgIpc) is 3.29. The molecule has 1 saturated heterocycles. The summed E-state index contributed by atoms with van der Waals surface area (Å²) in [6, 6.07) is 2.41. The van der Waals surface area contributed by atoms with Gasteiger partial charge in [0.05, 0.1) is 17.0 Å². The highest BCUT2D eigenvalue weighted by Gasteiger charge is 2.26. The molecule has 1 aliphatic heterocycles. The van der Waals surface area contributed by atoms with Gasteiger partial charge in [-0.1, -0.05) is 18.0 Å². The Kier molecular flexibility index (Phi) is 3.99. The zero-order valence-electron chi connectivity index (χ0n) is 13.4. The molecular weight excluding hydrogens is 292 g/mol. The maximum Gasteiger partial charge on any atom is 0.223 e. The molecule has 2 aromatic heterocycles. The van der Waals surface area contributed by atoms with Crippen molar-refractivity contribution < 1.29 is 9.26 Å². The molecule has 0 unspecified atom stereocenters. The molecule has 0 radical (unpaired) electrons. The molecule has 2 aromatic rings. The van der Waals surface area contributed by atoms with Gasteiger partial charge in [-0.05, 0) is 32.6 Å². The summed E-state index contributed by atoms with van der Waals surface area (Å²) >= 11 is 0. The minimum Gasteiger partial charge on any atom is -0.372 e. The molecule has 2 fully saturated rings. The molecule has 1 saturated carbocycles. The van der Waals surface area contributed by atoms with Crippen molar-refractivity contribution in [3.63, 3.8) is 0 Å². The lowest BCUT2D eigenvalue weighted by Crippen LogP contribution is -2.17. The Morgan fingerprint density at radius 3 is 2.74 bits per heavy atom. The number of ether oxygens (including phenoxy) is 1. The number of anilines is 1. The fourth-order valence-electron chi connectivity index (χ4n) is 3.44. The monoisotopic (exact) mass is 314 g/mol. The molecule has 122 valence electrons. The Labute approximate surface area is 135 Å². The van der Waals surface area contributed by atoms with E-state index >= 15 is 0 Å².